The smallest absolute Gasteiger partial charge is 0.362 e. The minimum absolute atomic E-state index is 0.142. The number of aromatic nitrogens is 2. The third kappa shape index (κ3) is 2.76. The first kappa shape index (κ1) is 14.7. The second-order valence-electron chi connectivity index (χ2n) is 4.96. The molecule has 9 heteroatoms. The molecule has 1 aliphatic carbocycles. The first-order valence-corrected chi connectivity index (χ1v) is 6.75. The number of aliphatic imine (C=N–C) groups is 1. The molecule has 3 rings (SSSR count). The Labute approximate surface area is 127 Å². The molecule has 0 saturated heterocycles. The summed E-state index contributed by atoms with van der Waals surface area (Å²) < 4.78 is 5.07. The van der Waals surface area contributed by atoms with Crippen molar-refractivity contribution in [2.45, 2.75) is 19.3 Å². The van der Waals surface area contributed by atoms with E-state index in [9.17, 15) is 24.3 Å². The van der Waals surface area contributed by atoms with E-state index in [0.717, 1.165) is 6.21 Å². The molecule has 0 radical (unpaired) electrons. The maximum Gasteiger partial charge on any atom is 0.362 e. The molecule has 2 heterocycles. The van der Waals surface area contributed by atoms with Gasteiger partial charge in [-0.1, -0.05) is 0 Å². The zero-order valence-electron chi connectivity index (χ0n) is 11.7. The molecule has 0 saturated carbocycles. The second-order valence-corrected chi connectivity index (χ2v) is 4.96. The van der Waals surface area contributed by atoms with Crippen LogP contribution in [0.3, 0.4) is 0 Å². The van der Waals surface area contributed by atoms with Crippen molar-refractivity contribution in [3.63, 3.8) is 0 Å². The number of carbonyl (C=O) groups excluding carboxylic acids is 1. The molecule has 0 unspecified atom stereocenters. The number of aryl methyl sites for hydroxylation is 1. The summed E-state index contributed by atoms with van der Waals surface area (Å²) in [7, 11) is 0. The van der Waals surface area contributed by atoms with Crippen LogP contribution in [0.25, 0.3) is 0 Å². The van der Waals surface area contributed by atoms with Gasteiger partial charge in [-0.05, 0) is 12.5 Å². The minimum atomic E-state index is -0.872. The number of nitrogens with one attached hydrogen (secondary N) is 2. The molecule has 1 aliphatic rings. The lowest BCUT2D eigenvalue weighted by molar-refractivity contribution is 0.0966. The Bertz CT molecular complexity index is 995. The lowest BCUT2D eigenvalue weighted by atomic mass is 9.96. The van der Waals surface area contributed by atoms with Gasteiger partial charge in [-0.15, -0.1) is 0 Å². The van der Waals surface area contributed by atoms with E-state index >= 15 is 0 Å². The Morgan fingerprint density at radius 1 is 1.17 bits per heavy atom. The van der Waals surface area contributed by atoms with Crippen molar-refractivity contribution < 1.29 is 14.3 Å². The number of H-pyrrole nitrogens is 2. The summed E-state index contributed by atoms with van der Waals surface area (Å²) in [5, 5.41) is 9.53. The first-order valence-electron chi connectivity index (χ1n) is 6.75. The molecule has 23 heavy (non-hydrogen) atoms. The molecular formula is C14H11N3O6. The maximum atomic E-state index is 11.8. The van der Waals surface area contributed by atoms with Gasteiger partial charge in [0.15, 0.2) is 5.78 Å². The van der Waals surface area contributed by atoms with Gasteiger partial charge in [0.1, 0.15) is 17.0 Å². The zero-order chi connectivity index (χ0) is 16.6. The van der Waals surface area contributed by atoms with Crippen LogP contribution in [-0.2, 0) is 6.42 Å². The predicted molar refractivity (Wildman–Crippen MR) is 78.8 cm³/mol. The third-order valence-corrected chi connectivity index (χ3v) is 3.41. The van der Waals surface area contributed by atoms with Crippen molar-refractivity contribution >= 4 is 17.7 Å². The highest BCUT2D eigenvalue weighted by Gasteiger charge is 2.21. The van der Waals surface area contributed by atoms with Gasteiger partial charge in [0.05, 0.1) is 5.56 Å². The van der Waals surface area contributed by atoms with Crippen LogP contribution in [0, 0.1) is 0 Å². The van der Waals surface area contributed by atoms with Crippen LogP contribution >= 0.6 is 0 Å². The number of rotatable bonds is 2. The van der Waals surface area contributed by atoms with E-state index in [-0.39, 0.29) is 17.0 Å². The fourth-order valence-corrected chi connectivity index (χ4v) is 2.29. The fourth-order valence-electron chi connectivity index (χ4n) is 2.29. The van der Waals surface area contributed by atoms with Gasteiger partial charge in [-0.25, -0.2) is 14.6 Å². The predicted octanol–water partition coefficient (Wildman–Crippen LogP) is -0.00840. The van der Waals surface area contributed by atoms with E-state index in [1.807, 2.05) is 9.97 Å². The Kier molecular flexibility index (Phi) is 3.53. The summed E-state index contributed by atoms with van der Waals surface area (Å²) in [4.78, 5) is 53.9. The van der Waals surface area contributed by atoms with Gasteiger partial charge in [-0.2, -0.15) is 0 Å². The molecule has 9 nitrogen and oxygen atoms in total. The monoisotopic (exact) mass is 317 g/mol. The molecule has 0 aromatic carbocycles. The van der Waals surface area contributed by atoms with Crippen molar-refractivity contribution in [3.8, 4) is 5.88 Å². The highest BCUT2D eigenvalue weighted by atomic mass is 16.4. The van der Waals surface area contributed by atoms with E-state index in [2.05, 4.69) is 4.99 Å². The van der Waals surface area contributed by atoms with E-state index in [1.165, 1.54) is 6.07 Å². The van der Waals surface area contributed by atoms with Crippen LogP contribution in [-0.4, -0.2) is 27.1 Å². The van der Waals surface area contributed by atoms with Crippen LogP contribution in [0.15, 0.2) is 29.9 Å². The van der Waals surface area contributed by atoms with E-state index < -0.39 is 22.8 Å². The zero-order valence-corrected chi connectivity index (χ0v) is 11.7. The number of fused-ring (bicyclic) bond motifs is 1. The SMILES string of the molecule is O=C1CCCc2oc(=O)c(N=Cc3c(O)[nH]c(=O)[nH]c3=O)cc21. The standard InChI is InChI=1S/C14H11N3O6/c18-9-2-1-3-10-6(9)4-8(13(21)23-10)15-5-7-11(19)16-14(22)17-12(7)20/h4-5H,1-3H2,(H3,16,17,19,20,22). The highest BCUT2D eigenvalue weighted by Crippen LogP contribution is 2.22. The summed E-state index contributed by atoms with van der Waals surface area (Å²) in [5.41, 5.74) is -2.70. The van der Waals surface area contributed by atoms with Crippen molar-refractivity contribution in [1.29, 1.82) is 0 Å². The summed E-state index contributed by atoms with van der Waals surface area (Å²) in [6.45, 7) is 0. The topological polar surface area (TPSA) is 146 Å². The van der Waals surface area contributed by atoms with Crippen molar-refractivity contribution in [3.05, 3.63) is 54.2 Å². The molecule has 118 valence electrons. The highest BCUT2D eigenvalue weighted by molar-refractivity contribution is 5.98. The Balaban J connectivity index is 2.06. The van der Waals surface area contributed by atoms with Crippen molar-refractivity contribution in [2.75, 3.05) is 0 Å². The lowest BCUT2D eigenvalue weighted by Crippen LogP contribution is -2.24. The summed E-state index contributed by atoms with van der Waals surface area (Å²) in [6.07, 6.45) is 2.40. The van der Waals surface area contributed by atoms with Gasteiger partial charge >= 0.3 is 11.3 Å². The van der Waals surface area contributed by atoms with Crippen molar-refractivity contribution in [1.82, 2.24) is 9.97 Å². The second kappa shape index (κ2) is 5.52. The Hall–Kier alpha value is -3.23. The number of carbonyl (C=O) groups is 1. The molecule has 3 N–H and O–H groups in total. The van der Waals surface area contributed by atoms with Crippen LogP contribution in [0.1, 0.15) is 34.5 Å². The Morgan fingerprint density at radius 3 is 2.70 bits per heavy atom. The third-order valence-electron chi connectivity index (χ3n) is 3.41. The molecule has 0 amide bonds. The van der Waals surface area contributed by atoms with E-state index in [0.29, 0.717) is 30.6 Å². The van der Waals surface area contributed by atoms with E-state index in [4.69, 9.17) is 4.42 Å². The summed E-state index contributed by atoms with van der Waals surface area (Å²) in [5.74, 6) is -0.493. The summed E-state index contributed by atoms with van der Waals surface area (Å²) in [6, 6.07) is 1.30. The molecule has 0 bridgehead atoms. The number of Topliss-reactive ketones (excluding diaryl/α,β-unsaturated/α-hetero) is 1. The number of aromatic amines is 2. The van der Waals surface area contributed by atoms with Gasteiger partial charge in [0.25, 0.3) is 5.56 Å². The molecular weight excluding hydrogens is 306 g/mol. The largest absolute Gasteiger partial charge is 0.494 e. The molecule has 0 aliphatic heterocycles. The Morgan fingerprint density at radius 2 is 1.96 bits per heavy atom. The van der Waals surface area contributed by atoms with Gasteiger partial charge in [0.2, 0.25) is 5.88 Å². The van der Waals surface area contributed by atoms with Crippen LogP contribution < -0.4 is 16.9 Å². The number of aromatic hydroxyl groups is 1. The lowest BCUT2D eigenvalue weighted by Gasteiger charge is -2.12. The average Bonchev–Trinajstić information content (AvgIpc) is 2.47. The quantitative estimate of drug-likeness (QED) is 0.664. The van der Waals surface area contributed by atoms with E-state index in [1.54, 1.807) is 0 Å². The van der Waals surface area contributed by atoms with Crippen LogP contribution in [0.2, 0.25) is 0 Å². The fraction of sp³-hybridized carbons (Fsp3) is 0.214. The molecule has 0 atom stereocenters. The molecule has 2 aromatic rings. The average molecular weight is 317 g/mol. The molecule has 2 aromatic heterocycles. The van der Waals surface area contributed by atoms with Gasteiger partial charge in [0, 0.05) is 19.1 Å². The number of hydrogen-bond acceptors (Lipinski definition) is 7. The number of hydrogen-bond donors (Lipinski definition) is 3. The maximum absolute atomic E-state index is 11.8. The van der Waals surface area contributed by atoms with Gasteiger partial charge in [-0.3, -0.25) is 19.6 Å². The molecule has 0 fully saturated rings. The van der Waals surface area contributed by atoms with Gasteiger partial charge < -0.3 is 9.52 Å². The first-order chi connectivity index (χ1) is 11.0. The summed E-state index contributed by atoms with van der Waals surface area (Å²) >= 11 is 0. The number of nitrogens with zero attached hydrogens (tertiary/aromatic N) is 1. The van der Waals surface area contributed by atoms with Crippen molar-refractivity contribution in [2.24, 2.45) is 4.99 Å². The minimum Gasteiger partial charge on any atom is -0.494 e. The van der Waals surface area contributed by atoms with Crippen LogP contribution in [0.5, 0.6) is 5.88 Å². The van der Waals surface area contributed by atoms with Crippen LogP contribution in [0.4, 0.5) is 5.69 Å². The number of ketones is 1. The normalized spacial score (nSPS) is 14.2. The molecule has 0 spiro atoms.